The first kappa shape index (κ1) is 19.1. The topological polar surface area (TPSA) is 72.8 Å². The van der Waals surface area contributed by atoms with Gasteiger partial charge < -0.3 is 9.47 Å². The van der Waals surface area contributed by atoms with E-state index in [1.165, 1.54) is 0 Å². The molecule has 3 aromatic rings. The fraction of sp³-hybridized carbons (Fsp3) is 0.136. The third-order valence-corrected chi connectivity index (χ3v) is 3.83. The zero-order chi connectivity index (χ0) is 19.6. The molecule has 1 amide bonds. The second kappa shape index (κ2) is 9.87. The van der Waals surface area contributed by atoms with Crippen molar-refractivity contribution in [1.82, 2.24) is 10.4 Å². The molecular formula is C22H21N3O3. The minimum Gasteiger partial charge on any atom is -0.490 e. The number of aromatic nitrogens is 1. The van der Waals surface area contributed by atoms with Crippen LogP contribution < -0.4 is 14.9 Å². The average molecular weight is 375 g/mol. The molecule has 3 rings (SSSR count). The van der Waals surface area contributed by atoms with Crippen LogP contribution in [0, 0.1) is 0 Å². The Morgan fingerprint density at radius 1 is 1.04 bits per heavy atom. The number of carbonyl (C=O) groups excluding carboxylic acids is 1. The molecule has 0 spiro atoms. The number of rotatable bonds is 8. The van der Waals surface area contributed by atoms with Gasteiger partial charge in [-0.1, -0.05) is 30.3 Å². The number of hydrogen-bond acceptors (Lipinski definition) is 5. The molecular weight excluding hydrogens is 354 g/mol. The van der Waals surface area contributed by atoms with Gasteiger partial charge in [0.2, 0.25) is 0 Å². The number of hydrazone groups is 1. The molecule has 0 unspecified atom stereocenters. The summed E-state index contributed by atoms with van der Waals surface area (Å²) in [5.41, 5.74) is 4.84. The van der Waals surface area contributed by atoms with E-state index in [0.29, 0.717) is 30.3 Å². The van der Waals surface area contributed by atoms with Crippen LogP contribution >= 0.6 is 0 Å². The maximum Gasteiger partial charge on any atom is 0.271 e. The van der Waals surface area contributed by atoms with Crippen molar-refractivity contribution in [3.8, 4) is 11.5 Å². The highest BCUT2D eigenvalue weighted by Gasteiger charge is 2.07. The fourth-order valence-electron chi connectivity index (χ4n) is 2.46. The minimum atomic E-state index is -0.300. The van der Waals surface area contributed by atoms with Crippen LogP contribution in [-0.2, 0) is 6.61 Å². The summed E-state index contributed by atoms with van der Waals surface area (Å²) in [4.78, 5) is 15.9. The summed E-state index contributed by atoms with van der Waals surface area (Å²) >= 11 is 0. The van der Waals surface area contributed by atoms with Crippen molar-refractivity contribution < 1.29 is 14.3 Å². The van der Waals surface area contributed by atoms with E-state index in [-0.39, 0.29) is 5.91 Å². The van der Waals surface area contributed by atoms with Crippen molar-refractivity contribution >= 4 is 12.1 Å². The molecule has 0 radical (unpaired) electrons. The number of amides is 1. The zero-order valence-corrected chi connectivity index (χ0v) is 15.5. The Balaban J connectivity index is 1.65. The van der Waals surface area contributed by atoms with E-state index in [4.69, 9.17) is 9.47 Å². The highest BCUT2D eigenvalue weighted by Crippen LogP contribution is 2.28. The van der Waals surface area contributed by atoms with Crippen LogP contribution in [0.2, 0.25) is 0 Å². The Morgan fingerprint density at radius 2 is 1.82 bits per heavy atom. The first-order chi connectivity index (χ1) is 13.8. The molecule has 0 aliphatic carbocycles. The monoisotopic (exact) mass is 375 g/mol. The van der Waals surface area contributed by atoms with Gasteiger partial charge in [-0.2, -0.15) is 5.10 Å². The maximum atomic E-state index is 12.0. The Kier molecular flexibility index (Phi) is 6.73. The van der Waals surface area contributed by atoms with Gasteiger partial charge in [0.25, 0.3) is 5.91 Å². The molecule has 0 saturated carbocycles. The molecule has 28 heavy (non-hydrogen) atoms. The predicted molar refractivity (Wildman–Crippen MR) is 108 cm³/mol. The van der Waals surface area contributed by atoms with Crippen LogP contribution in [0.1, 0.15) is 28.4 Å². The van der Waals surface area contributed by atoms with Crippen LogP contribution in [0.4, 0.5) is 0 Å². The zero-order valence-electron chi connectivity index (χ0n) is 15.5. The van der Waals surface area contributed by atoms with Gasteiger partial charge in [0.15, 0.2) is 11.5 Å². The van der Waals surface area contributed by atoms with E-state index in [0.717, 1.165) is 11.1 Å². The summed E-state index contributed by atoms with van der Waals surface area (Å²) in [5.74, 6) is 0.984. The maximum absolute atomic E-state index is 12.0. The molecule has 6 nitrogen and oxygen atoms in total. The number of nitrogens with one attached hydrogen (secondary N) is 1. The summed E-state index contributed by atoms with van der Waals surface area (Å²) in [6, 6.07) is 18.7. The van der Waals surface area contributed by atoms with E-state index in [1.807, 2.05) is 55.5 Å². The number of benzene rings is 2. The molecule has 142 valence electrons. The standard InChI is InChI=1S/C22H21N3O3/c1-2-27-21-14-18(15-24-25-22(26)19-10-12-23-13-11-19)8-9-20(21)28-16-17-6-4-3-5-7-17/h3-15H,2,16H2,1H3,(H,25,26)/b24-15-. The lowest BCUT2D eigenvalue weighted by molar-refractivity contribution is 0.0955. The summed E-state index contributed by atoms with van der Waals surface area (Å²) in [5, 5.41) is 4.00. The van der Waals surface area contributed by atoms with Gasteiger partial charge in [0.1, 0.15) is 6.61 Å². The van der Waals surface area contributed by atoms with E-state index in [9.17, 15) is 4.79 Å². The number of nitrogens with zero attached hydrogens (tertiary/aromatic N) is 2. The lowest BCUT2D eigenvalue weighted by Crippen LogP contribution is -2.17. The number of pyridine rings is 1. The Labute approximate surface area is 163 Å². The van der Waals surface area contributed by atoms with E-state index in [2.05, 4.69) is 15.5 Å². The van der Waals surface area contributed by atoms with Crippen molar-refractivity contribution in [2.75, 3.05) is 6.61 Å². The molecule has 0 atom stereocenters. The van der Waals surface area contributed by atoms with Gasteiger partial charge in [0.05, 0.1) is 12.8 Å². The van der Waals surface area contributed by atoms with Crippen LogP contribution in [0.15, 0.2) is 78.2 Å². The molecule has 0 saturated heterocycles. The largest absolute Gasteiger partial charge is 0.490 e. The summed E-state index contributed by atoms with van der Waals surface area (Å²) in [6.45, 7) is 2.88. The molecule has 0 aliphatic rings. The summed E-state index contributed by atoms with van der Waals surface area (Å²) in [7, 11) is 0. The average Bonchev–Trinajstić information content (AvgIpc) is 2.75. The molecule has 6 heteroatoms. The van der Waals surface area contributed by atoms with Gasteiger partial charge >= 0.3 is 0 Å². The Bertz CT molecular complexity index is 928. The fourth-order valence-corrected chi connectivity index (χ4v) is 2.46. The number of carbonyl (C=O) groups is 1. The normalized spacial score (nSPS) is 10.6. The van der Waals surface area contributed by atoms with Crippen molar-refractivity contribution in [2.24, 2.45) is 5.10 Å². The van der Waals surface area contributed by atoms with Crippen LogP contribution in [0.3, 0.4) is 0 Å². The van der Waals surface area contributed by atoms with Gasteiger partial charge in [-0.25, -0.2) is 5.43 Å². The van der Waals surface area contributed by atoms with E-state index >= 15 is 0 Å². The SMILES string of the molecule is CCOc1cc(/C=N\NC(=O)c2ccncc2)ccc1OCc1ccccc1. The molecule has 2 aromatic carbocycles. The van der Waals surface area contributed by atoms with Crippen molar-refractivity contribution in [3.63, 3.8) is 0 Å². The number of ether oxygens (including phenoxy) is 2. The molecule has 1 N–H and O–H groups in total. The first-order valence-electron chi connectivity index (χ1n) is 8.93. The van der Waals surface area contributed by atoms with E-state index in [1.54, 1.807) is 30.7 Å². The van der Waals surface area contributed by atoms with Gasteiger partial charge in [-0.15, -0.1) is 0 Å². The van der Waals surface area contributed by atoms with Gasteiger partial charge in [-0.3, -0.25) is 9.78 Å². The predicted octanol–water partition coefficient (Wildman–Crippen LogP) is 3.82. The second-order valence-electron chi connectivity index (χ2n) is 5.85. The van der Waals surface area contributed by atoms with Crippen molar-refractivity contribution in [3.05, 3.63) is 89.7 Å². The Hall–Kier alpha value is -3.67. The van der Waals surface area contributed by atoms with Gasteiger partial charge in [-0.05, 0) is 48.4 Å². The van der Waals surface area contributed by atoms with Crippen molar-refractivity contribution in [2.45, 2.75) is 13.5 Å². The van der Waals surface area contributed by atoms with Gasteiger partial charge in [0, 0.05) is 18.0 Å². The third-order valence-electron chi connectivity index (χ3n) is 3.83. The smallest absolute Gasteiger partial charge is 0.271 e. The molecule has 0 bridgehead atoms. The third kappa shape index (κ3) is 5.41. The highest BCUT2D eigenvalue weighted by atomic mass is 16.5. The van der Waals surface area contributed by atoms with Crippen LogP contribution in [0.5, 0.6) is 11.5 Å². The number of hydrogen-bond donors (Lipinski definition) is 1. The van der Waals surface area contributed by atoms with Crippen molar-refractivity contribution in [1.29, 1.82) is 0 Å². The molecule has 1 aromatic heterocycles. The lowest BCUT2D eigenvalue weighted by Gasteiger charge is -2.12. The molecule has 0 fully saturated rings. The van der Waals surface area contributed by atoms with E-state index < -0.39 is 0 Å². The molecule has 0 aliphatic heterocycles. The summed E-state index contributed by atoms with van der Waals surface area (Å²) < 4.78 is 11.6. The lowest BCUT2D eigenvalue weighted by atomic mass is 10.2. The van der Waals surface area contributed by atoms with Crippen LogP contribution in [0.25, 0.3) is 0 Å². The van der Waals surface area contributed by atoms with Crippen LogP contribution in [-0.4, -0.2) is 23.7 Å². The second-order valence-corrected chi connectivity index (χ2v) is 5.85. The first-order valence-corrected chi connectivity index (χ1v) is 8.93. The Morgan fingerprint density at radius 3 is 2.57 bits per heavy atom. The molecule has 1 heterocycles. The quantitative estimate of drug-likeness (QED) is 0.480. The highest BCUT2D eigenvalue weighted by molar-refractivity contribution is 5.94. The minimum absolute atomic E-state index is 0.300. The summed E-state index contributed by atoms with van der Waals surface area (Å²) in [6.07, 6.45) is 4.67.